The van der Waals surface area contributed by atoms with Gasteiger partial charge in [-0.3, -0.25) is 4.98 Å². The Labute approximate surface area is 114 Å². The molecule has 0 fully saturated rings. The van der Waals surface area contributed by atoms with Gasteiger partial charge in [-0.1, -0.05) is 11.8 Å². The Hall–Kier alpha value is -1.26. The van der Waals surface area contributed by atoms with E-state index in [-0.39, 0.29) is 30.9 Å². The lowest BCUT2D eigenvalue weighted by Crippen LogP contribution is -2.12. The number of aromatic nitrogens is 1. The van der Waals surface area contributed by atoms with Gasteiger partial charge < -0.3 is 5.73 Å². The first kappa shape index (κ1) is 18.1. The zero-order chi connectivity index (χ0) is 11.3. The van der Waals surface area contributed by atoms with Gasteiger partial charge in [0.2, 0.25) is 0 Å². The molecule has 0 amide bonds. The van der Waals surface area contributed by atoms with Gasteiger partial charge >= 0.3 is 0 Å². The number of rotatable bonds is 1. The van der Waals surface area contributed by atoms with Crippen molar-refractivity contribution in [3.63, 3.8) is 0 Å². The molecule has 17 heavy (non-hydrogen) atoms. The number of nitrogens with zero attached hydrogens (tertiary/aromatic N) is 2. The normalized spacial score (nSPS) is 9.76. The predicted octanol–water partition coefficient (Wildman–Crippen LogP) is 2.19. The van der Waals surface area contributed by atoms with Gasteiger partial charge in [0.1, 0.15) is 6.07 Å². The van der Waals surface area contributed by atoms with Crippen LogP contribution in [0.3, 0.4) is 0 Å². The van der Waals surface area contributed by atoms with E-state index in [2.05, 4.69) is 22.9 Å². The lowest BCUT2D eigenvalue weighted by atomic mass is 10.1. The van der Waals surface area contributed by atoms with Crippen molar-refractivity contribution < 1.29 is 0 Å². The molecule has 0 bridgehead atoms. The lowest BCUT2D eigenvalue weighted by molar-refractivity contribution is 0.771. The highest BCUT2D eigenvalue weighted by Gasteiger charge is 2.00. The topological polar surface area (TPSA) is 62.7 Å². The summed E-state index contributed by atoms with van der Waals surface area (Å²) in [6, 6.07) is 2.15. The molecular formula is C12H15Cl2N3. The highest BCUT2D eigenvalue weighted by Crippen LogP contribution is 2.09. The molecular weight excluding hydrogens is 257 g/mol. The Morgan fingerprint density at radius 2 is 1.94 bits per heavy atom. The Morgan fingerprint density at radius 1 is 1.35 bits per heavy atom. The second-order valence-electron chi connectivity index (χ2n) is 3.45. The SMILES string of the molecule is Cc1c(C#N)cncc1C#CC[C@H](C)N.Cl.Cl. The molecule has 1 heterocycles. The van der Waals surface area contributed by atoms with Crippen LogP contribution in [0.25, 0.3) is 0 Å². The summed E-state index contributed by atoms with van der Waals surface area (Å²) in [7, 11) is 0. The zero-order valence-corrected chi connectivity index (χ0v) is 11.4. The Morgan fingerprint density at radius 3 is 2.47 bits per heavy atom. The van der Waals surface area contributed by atoms with Gasteiger partial charge in [-0.25, -0.2) is 0 Å². The summed E-state index contributed by atoms with van der Waals surface area (Å²) >= 11 is 0. The minimum absolute atomic E-state index is 0. The van der Waals surface area contributed by atoms with Gasteiger partial charge in [0, 0.05) is 30.4 Å². The first-order valence-corrected chi connectivity index (χ1v) is 4.74. The van der Waals surface area contributed by atoms with Crippen LogP contribution in [0.2, 0.25) is 0 Å². The third-order valence-corrected chi connectivity index (χ3v) is 1.98. The maximum absolute atomic E-state index is 8.80. The maximum Gasteiger partial charge on any atom is 0.101 e. The van der Waals surface area contributed by atoms with Crippen LogP contribution in [-0.2, 0) is 0 Å². The van der Waals surface area contributed by atoms with Crippen molar-refractivity contribution in [2.24, 2.45) is 5.73 Å². The molecule has 1 atom stereocenters. The molecule has 0 unspecified atom stereocenters. The molecule has 2 N–H and O–H groups in total. The molecule has 1 aromatic rings. The summed E-state index contributed by atoms with van der Waals surface area (Å²) in [6.07, 6.45) is 3.87. The summed E-state index contributed by atoms with van der Waals surface area (Å²) in [5.74, 6) is 5.94. The lowest BCUT2D eigenvalue weighted by Gasteiger charge is -1.99. The number of nitrogens with two attached hydrogens (primary N) is 1. The number of halogens is 2. The van der Waals surface area contributed by atoms with E-state index >= 15 is 0 Å². The average molecular weight is 272 g/mol. The fourth-order valence-electron chi connectivity index (χ4n) is 1.07. The smallest absolute Gasteiger partial charge is 0.101 e. The highest BCUT2D eigenvalue weighted by atomic mass is 35.5. The van der Waals surface area contributed by atoms with E-state index in [0.29, 0.717) is 12.0 Å². The van der Waals surface area contributed by atoms with Crippen LogP contribution in [-0.4, -0.2) is 11.0 Å². The fraction of sp³-hybridized carbons (Fsp3) is 0.333. The average Bonchev–Trinajstić information content (AvgIpc) is 2.20. The monoisotopic (exact) mass is 271 g/mol. The number of nitriles is 1. The van der Waals surface area contributed by atoms with Crippen molar-refractivity contribution >= 4 is 24.8 Å². The number of hydrogen-bond donors (Lipinski definition) is 1. The van der Waals surface area contributed by atoms with Crippen molar-refractivity contribution in [3.8, 4) is 17.9 Å². The van der Waals surface area contributed by atoms with Crippen LogP contribution in [0, 0.1) is 30.1 Å². The molecule has 5 heteroatoms. The molecule has 0 aliphatic heterocycles. The third-order valence-electron chi connectivity index (χ3n) is 1.98. The van der Waals surface area contributed by atoms with Gasteiger partial charge in [0.05, 0.1) is 5.56 Å². The molecule has 92 valence electrons. The zero-order valence-electron chi connectivity index (χ0n) is 9.73. The molecule has 0 aromatic carbocycles. The minimum Gasteiger partial charge on any atom is -0.327 e. The van der Waals surface area contributed by atoms with Gasteiger partial charge in [-0.05, 0) is 19.4 Å². The first-order chi connectivity index (χ1) is 7.15. The molecule has 0 spiro atoms. The summed E-state index contributed by atoms with van der Waals surface area (Å²) in [5, 5.41) is 8.80. The number of pyridine rings is 1. The van der Waals surface area contributed by atoms with Crippen LogP contribution in [0.1, 0.15) is 30.0 Å². The second kappa shape index (κ2) is 8.84. The largest absolute Gasteiger partial charge is 0.327 e. The Bertz CT molecular complexity index is 453. The van der Waals surface area contributed by atoms with E-state index in [1.54, 1.807) is 12.4 Å². The van der Waals surface area contributed by atoms with Crippen molar-refractivity contribution in [2.75, 3.05) is 0 Å². The van der Waals surface area contributed by atoms with Crippen molar-refractivity contribution in [1.29, 1.82) is 5.26 Å². The van der Waals surface area contributed by atoms with E-state index in [4.69, 9.17) is 11.0 Å². The fourth-order valence-corrected chi connectivity index (χ4v) is 1.07. The first-order valence-electron chi connectivity index (χ1n) is 4.74. The summed E-state index contributed by atoms with van der Waals surface area (Å²) in [5.41, 5.74) is 7.83. The molecule has 0 saturated heterocycles. The van der Waals surface area contributed by atoms with E-state index < -0.39 is 0 Å². The van der Waals surface area contributed by atoms with Gasteiger partial charge in [-0.15, -0.1) is 24.8 Å². The van der Waals surface area contributed by atoms with Crippen molar-refractivity contribution in [2.45, 2.75) is 26.3 Å². The standard InChI is InChI=1S/C12H13N3.2ClH/c1-9(14)4-3-5-11-7-15-8-12(6-13)10(11)2;;/h7-9H,4,14H2,1-2H3;2*1H/t9-;;/m0../s1. The van der Waals surface area contributed by atoms with Crippen molar-refractivity contribution in [1.82, 2.24) is 4.98 Å². The Kier molecular flexibility index (Phi) is 9.42. The molecule has 0 aliphatic rings. The van der Waals surface area contributed by atoms with Crippen LogP contribution >= 0.6 is 24.8 Å². The van der Waals surface area contributed by atoms with Crippen LogP contribution in [0.15, 0.2) is 12.4 Å². The van der Waals surface area contributed by atoms with E-state index in [1.165, 1.54) is 0 Å². The minimum atomic E-state index is 0. The second-order valence-corrected chi connectivity index (χ2v) is 3.45. The van der Waals surface area contributed by atoms with E-state index in [1.807, 2.05) is 13.8 Å². The maximum atomic E-state index is 8.80. The molecule has 3 nitrogen and oxygen atoms in total. The van der Waals surface area contributed by atoms with E-state index in [0.717, 1.165) is 11.1 Å². The third kappa shape index (κ3) is 5.56. The van der Waals surface area contributed by atoms with Crippen molar-refractivity contribution in [3.05, 3.63) is 29.1 Å². The quantitative estimate of drug-likeness (QED) is 0.797. The molecule has 0 radical (unpaired) electrons. The van der Waals surface area contributed by atoms with Gasteiger partial charge in [0.25, 0.3) is 0 Å². The predicted molar refractivity (Wildman–Crippen MR) is 73.3 cm³/mol. The molecule has 0 saturated carbocycles. The van der Waals surface area contributed by atoms with Crippen LogP contribution < -0.4 is 5.73 Å². The number of hydrogen-bond acceptors (Lipinski definition) is 3. The van der Waals surface area contributed by atoms with Crippen LogP contribution in [0.4, 0.5) is 0 Å². The molecule has 1 aromatic heterocycles. The van der Waals surface area contributed by atoms with E-state index in [9.17, 15) is 0 Å². The van der Waals surface area contributed by atoms with Gasteiger partial charge in [-0.2, -0.15) is 5.26 Å². The Balaban J connectivity index is 0. The molecule has 0 aliphatic carbocycles. The van der Waals surface area contributed by atoms with Crippen LogP contribution in [0.5, 0.6) is 0 Å². The summed E-state index contributed by atoms with van der Waals surface area (Å²) < 4.78 is 0. The molecule has 1 rings (SSSR count). The van der Waals surface area contributed by atoms with Gasteiger partial charge in [0.15, 0.2) is 0 Å². The highest BCUT2D eigenvalue weighted by molar-refractivity contribution is 5.85. The summed E-state index contributed by atoms with van der Waals surface area (Å²) in [6.45, 7) is 3.78. The summed E-state index contributed by atoms with van der Waals surface area (Å²) in [4.78, 5) is 3.96.